The molecule has 0 radical (unpaired) electrons. The van der Waals surface area contributed by atoms with Gasteiger partial charge in [-0.15, -0.1) is 0 Å². The number of aromatic nitrogens is 2. The molecule has 102 valence electrons. The number of nitrogens with one attached hydrogen (secondary N) is 1. The summed E-state index contributed by atoms with van der Waals surface area (Å²) >= 11 is 0. The van der Waals surface area contributed by atoms with E-state index < -0.39 is 5.97 Å². The number of esters is 1. The van der Waals surface area contributed by atoms with E-state index in [1.165, 1.54) is 7.11 Å². The monoisotopic (exact) mass is 270 g/mol. The van der Waals surface area contributed by atoms with Crippen LogP contribution in [0.2, 0.25) is 0 Å². The van der Waals surface area contributed by atoms with Crippen LogP contribution < -0.4 is 5.56 Å². The highest BCUT2D eigenvalue weighted by Gasteiger charge is 2.19. The molecule has 20 heavy (non-hydrogen) atoms. The van der Waals surface area contributed by atoms with E-state index in [1.54, 1.807) is 18.3 Å². The molecule has 0 bridgehead atoms. The molecular formula is C15H14N2O3. The summed E-state index contributed by atoms with van der Waals surface area (Å²) in [7, 11) is 1.34. The van der Waals surface area contributed by atoms with Gasteiger partial charge in [-0.1, -0.05) is 6.07 Å². The molecule has 5 heteroatoms. The number of pyridine rings is 1. The summed E-state index contributed by atoms with van der Waals surface area (Å²) in [5, 5.41) is 1.18. The Morgan fingerprint density at radius 3 is 2.70 bits per heavy atom. The lowest BCUT2D eigenvalue weighted by molar-refractivity contribution is 0.0603. The molecule has 0 aliphatic rings. The number of carbonyl (C=O) groups excluding carboxylic acids is 1. The summed E-state index contributed by atoms with van der Waals surface area (Å²) in [6, 6.07) is 7.24. The van der Waals surface area contributed by atoms with Crippen molar-refractivity contribution in [3.63, 3.8) is 0 Å². The molecule has 0 saturated carbocycles. The Morgan fingerprint density at radius 2 is 2.00 bits per heavy atom. The minimum Gasteiger partial charge on any atom is -0.465 e. The molecule has 3 aromatic rings. The van der Waals surface area contributed by atoms with Gasteiger partial charge >= 0.3 is 5.97 Å². The summed E-state index contributed by atoms with van der Waals surface area (Å²) in [5.74, 6) is -0.436. The molecule has 0 saturated heterocycles. The third-order valence-corrected chi connectivity index (χ3v) is 3.53. The highest BCUT2D eigenvalue weighted by molar-refractivity contribution is 6.16. The van der Waals surface area contributed by atoms with Gasteiger partial charge in [-0.05, 0) is 25.1 Å². The van der Waals surface area contributed by atoms with Crippen molar-refractivity contribution in [3.05, 3.63) is 46.4 Å². The third kappa shape index (κ3) is 1.56. The summed E-state index contributed by atoms with van der Waals surface area (Å²) < 4.78 is 6.84. The van der Waals surface area contributed by atoms with E-state index in [0.717, 1.165) is 11.0 Å². The maximum atomic E-state index is 12.2. The largest absolute Gasteiger partial charge is 0.465 e. The van der Waals surface area contributed by atoms with Gasteiger partial charge in [0.05, 0.1) is 29.1 Å². The van der Waals surface area contributed by atoms with E-state index in [9.17, 15) is 9.59 Å². The van der Waals surface area contributed by atoms with Crippen LogP contribution in [0.3, 0.4) is 0 Å². The number of benzene rings is 1. The van der Waals surface area contributed by atoms with Crippen molar-refractivity contribution in [3.8, 4) is 0 Å². The minimum absolute atomic E-state index is 0.198. The van der Waals surface area contributed by atoms with Gasteiger partial charge in [0.2, 0.25) is 0 Å². The van der Waals surface area contributed by atoms with Crippen LogP contribution in [-0.4, -0.2) is 22.6 Å². The molecule has 0 aliphatic carbocycles. The fraction of sp³-hybridized carbons (Fsp3) is 0.200. The second-order valence-corrected chi connectivity index (χ2v) is 4.50. The summed E-state index contributed by atoms with van der Waals surface area (Å²) in [5.41, 5.74) is 1.90. The van der Waals surface area contributed by atoms with Gasteiger partial charge in [0.1, 0.15) is 0 Å². The van der Waals surface area contributed by atoms with E-state index in [0.29, 0.717) is 22.9 Å². The number of aryl methyl sites for hydroxylation is 1. The lowest BCUT2D eigenvalue weighted by atomic mass is 10.1. The average Bonchev–Trinajstić information content (AvgIpc) is 2.81. The predicted octanol–water partition coefficient (Wildman–Crippen LogP) is 2.29. The minimum atomic E-state index is -0.436. The molecule has 1 aromatic carbocycles. The molecule has 0 spiro atoms. The molecule has 2 aromatic heterocycles. The number of carbonyl (C=O) groups is 1. The molecule has 0 aliphatic heterocycles. The maximum absolute atomic E-state index is 12.2. The number of aromatic amines is 1. The van der Waals surface area contributed by atoms with Crippen LogP contribution in [0.15, 0.2) is 35.3 Å². The van der Waals surface area contributed by atoms with Crippen LogP contribution in [0.5, 0.6) is 0 Å². The fourth-order valence-corrected chi connectivity index (χ4v) is 2.71. The van der Waals surface area contributed by atoms with Gasteiger partial charge in [0.25, 0.3) is 5.56 Å². The van der Waals surface area contributed by atoms with Gasteiger partial charge < -0.3 is 14.3 Å². The molecule has 0 atom stereocenters. The maximum Gasteiger partial charge on any atom is 0.338 e. The van der Waals surface area contributed by atoms with Crippen molar-refractivity contribution < 1.29 is 9.53 Å². The second kappa shape index (κ2) is 4.52. The van der Waals surface area contributed by atoms with Gasteiger partial charge in [-0.2, -0.15) is 0 Å². The van der Waals surface area contributed by atoms with Gasteiger partial charge in [0, 0.05) is 18.1 Å². The van der Waals surface area contributed by atoms with Crippen LogP contribution >= 0.6 is 0 Å². The fourth-order valence-electron chi connectivity index (χ4n) is 2.71. The average molecular weight is 270 g/mol. The smallest absolute Gasteiger partial charge is 0.338 e. The Morgan fingerprint density at radius 1 is 1.25 bits per heavy atom. The van der Waals surface area contributed by atoms with Crippen molar-refractivity contribution in [2.24, 2.45) is 0 Å². The number of methoxy groups -OCH3 is 1. The second-order valence-electron chi connectivity index (χ2n) is 4.50. The van der Waals surface area contributed by atoms with Crippen LogP contribution in [0.4, 0.5) is 0 Å². The Hall–Kier alpha value is -2.56. The molecule has 0 unspecified atom stereocenters. The Balaban J connectivity index is 2.61. The van der Waals surface area contributed by atoms with Crippen LogP contribution in [0.25, 0.3) is 21.8 Å². The zero-order valence-electron chi connectivity index (χ0n) is 11.3. The summed E-state index contributed by atoms with van der Waals surface area (Å²) in [6.45, 7) is 2.72. The first kappa shape index (κ1) is 12.5. The van der Waals surface area contributed by atoms with Crippen LogP contribution in [0.1, 0.15) is 17.3 Å². The summed E-state index contributed by atoms with van der Waals surface area (Å²) in [4.78, 5) is 26.8. The van der Waals surface area contributed by atoms with Crippen molar-refractivity contribution in [2.75, 3.05) is 7.11 Å². The first-order valence-corrected chi connectivity index (χ1v) is 6.40. The predicted molar refractivity (Wildman–Crippen MR) is 77.1 cm³/mol. The standard InChI is InChI=1S/C15H14N2O3/c1-3-17-10-6-4-5-9(15(19)20-2)12(10)13-11(17)7-8-16-14(13)18/h4-8H,3H2,1-2H3,(H,16,18). The number of hydrogen-bond acceptors (Lipinski definition) is 3. The SMILES string of the molecule is CCn1c2cccc(C(=O)OC)c2c2c(=O)[nH]ccc21. The zero-order valence-corrected chi connectivity index (χ0v) is 11.3. The topological polar surface area (TPSA) is 64.1 Å². The van der Waals surface area contributed by atoms with E-state index in [-0.39, 0.29) is 5.56 Å². The van der Waals surface area contributed by atoms with Gasteiger partial charge in [-0.3, -0.25) is 4.79 Å². The van der Waals surface area contributed by atoms with Crippen LogP contribution in [0, 0.1) is 0 Å². The highest BCUT2D eigenvalue weighted by Crippen LogP contribution is 2.29. The number of ether oxygens (including phenoxy) is 1. The lowest BCUT2D eigenvalue weighted by Gasteiger charge is -2.04. The Kier molecular flexibility index (Phi) is 2.82. The molecule has 1 N–H and O–H groups in total. The number of hydrogen-bond donors (Lipinski definition) is 1. The Labute approximate surface area is 114 Å². The van der Waals surface area contributed by atoms with E-state index >= 15 is 0 Å². The van der Waals surface area contributed by atoms with Crippen LogP contribution in [-0.2, 0) is 11.3 Å². The van der Waals surface area contributed by atoms with Crippen molar-refractivity contribution >= 4 is 27.8 Å². The highest BCUT2D eigenvalue weighted by atomic mass is 16.5. The molecule has 0 fully saturated rings. The van der Waals surface area contributed by atoms with E-state index in [2.05, 4.69) is 4.98 Å². The number of rotatable bonds is 2. The quantitative estimate of drug-likeness (QED) is 0.727. The van der Waals surface area contributed by atoms with Gasteiger partial charge in [0.15, 0.2) is 0 Å². The number of fused-ring (bicyclic) bond motifs is 3. The third-order valence-electron chi connectivity index (χ3n) is 3.53. The van der Waals surface area contributed by atoms with Gasteiger partial charge in [-0.25, -0.2) is 4.79 Å². The zero-order chi connectivity index (χ0) is 14.3. The number of nitrogens with zero attached hydrogens (tertiary/aromatic N) is 1. The number of H-pyrrole nitrogens is 1. The van der Waals surface area contributed by atoms with E-state index in [4.69, 9.17) is 4.74 Å². The van der Waals surface area contributed by atoms with E-state index in [1.807, 2.05) is 23.6 Å². The van der Waals surface area contributed by atoms with Crippen molar-refractivity contribution in [2.45, 2.75) is 13.5 Å². The van der Waals surface area contributed by atoms with Crippen molar-refractivity contribution in [1.82, 2.24) is 9.55 Å². The lowest BCUT2D eigenvalue weighted by Crippen LogP contribution is -2.06. The molecule has 3 rings (SSSR count). The summed E-state index contributed by atoms with van der Waals surface area (Å²) in [6.07, 6.45) is 1.62. The first-order chi connectivity index (χ1) is 9.69. The molecule has 2 heterocycles. The molecule has 5 nitrogen and oxygen atoms in total. The van der Waals surface area contributed by atoms with Crippen molar-refractivity contribution in [1.29, 1.82) is 0 Å². The first-order valence-electron chi connectivity index (χ1n) is 6.40. The normalized spacial score (nSPS) is 11.1. The molecule has 0 amide bonds. The Bertz CT molecular complexity index is 874. The molecular weight excluding hydrogens is 256 g/mol.